The number of allylic oxidation sites excluding steroid dienone is 2. The lowest BCUT2D eigenvalue weighted by atomic mass is 9.49. The molecule has 0 unspecified atom stereocenters. The smallest absolute Gasteiger partial charge is 0.260 e. The van der Waals surface area contributed by atoms with Crippen molar-refractivity contribution in [3.05, 3.63) is 129 Å². The molecule has 3 fully saturated rings. The van der Waals surface area contributed by atoms with Crippen molar-refractivity contribution in [2.24, 2.45) is 23.7 Å². The first-order valence-electron chi connectivity index (χ1n) is 16.4. The summed E-state index contributed by atoms with van der Waals surface area (Å²) in [5.41, 5.74) is 3.59. The number of methoxy groups -OCH3 is 1. The molecule has 1 saturated carbocycles. The Labute approximate surface area is 305 Å². The van der Waals surface area contributed by atoms with E-state index in [1.165, 1.54) is 42.3 Å². The Morgan fingerprint density at radius 3 is 2.27 bits per heavy atom. The Bertz CT molecular complexity index is 2140. The summed E-state index contributed by atoms with van der Waals surface area (Å²) in [6.45, 7) is 0. The van der Waals surface area contributed by atoms with E-state index in [4.69, 9.17) is 16.3 Å². The molecule has 2 aliphatic carbocycles. The number of hydrogen-bond acceptors (Lipinski definition) is 7. The van der Waals surface area contributed by atoms with E-state index in [1.807, 2.05) is 6.08 Å². The lowest BCUT2D eigenvalue weighted by Crippen LogP contribution is -2.53. The number of anilines is 2. The number of imide groups is 2. The number of nitrogens with one attached hydrogen (secondary N) is 1. The Morgan fingerprint density at radius 1 is 0.902 bits per heavy atom. The van der Waals surface area contributed by atoms with Crippen LogP contribution < -0.4 is 15.1 Å². The fourth-order valence-electron chi connectivity index (χ4n) is 8.74. The minimum atomic E-state index is -1.62. The molecule has 6 atom stereocenters. The summed E-state index contributed by atoms with van der Waals surface area (Å²) in [6, 6.07) is 23.7. The Hall–Kier alpha value is -5.00. The van der Waals surface area contributed by atoms with Gasteiger partial charge in [-0.15, -0.1) is 0 Å². The molecule has 4 aromatic carbocycles. The number of phenolic OH excluding ortho intramolecular Hbond substituents is 1. The lowest BCUT2D eigenvalue weighted by Gasteiger charge is -2.50. The maximum Gasteiger partial charge on any atom is 0.260 e. The summed E-state index contributed by atoms with van der Waals surface area (Å²) in [7, 11) is 1.47. The topological polar surface area (TPSA) is 116 Å². The SMILES string of the molecule is COc1ccc([C@H]2C3=CC[C@@H]4C(=O)N(c5ccc(Br)cc5)C(=O)[C@@H]4[C@@H]3C[C@H]3C(=O)N(Nc4ccc(F)cc4)C(=O)[C@@]23c2ccc(Cl)cc2)c(O)c1. The molecule has 9 nitrogen and oxygen atoms in total. The molecule has 51 heavy (non-hydrogen) atoms. The van der Waals surface area contributed by atoms with Crippen LogP contribution in [-0.2, 0) is 24.6 Å². The molecule has 2 saturated heterocycles. The van der Waals surface area contributed by atoms with Gasteiger partial charge in [0.2, 0.25) is 11.8 Å². The van der Waals surface area contributed by atoms with Crippen LogP contribution in [0.4, 0.5) is 15.8 Å². The van der Waals surface area contributed by atoms with Gasteiger partial charge in [0.05, 0.1) is 41.7 Å². The highest BCUT2D eigenvalue weighted by Crippen LogP contribution is 2.65. The second kappa shape index (κ2) is 12.3. The van der Waals surface area contributed by atoms with E-state index in [0.717, 1.165) is 9.48 Å². The van der Waals surface area contributed by atoms with Gasteiger partial charge in [0.25, 0.3) is 11.8 Å². The van der Waals surface area contributed by atoms with Gasteiger partial charge in [-0.1, -0.05) is 57.4 Å². The number of halogens is 3. The molecule has 12 heteroatoms. The number of nitrogens with zero attached hydrogens (tertiary/aromatic N) is 2. The van der Waals surface area contributed by atoms with Crippen molar-refractivity contribution >= 4 is 62.5 Å². The summed E-state index contributed by atoms with van der Waals surface area (Å²) in [4.78, 5) is 59.5. The predicted molar refractivity (Wildman–Crippen MR) is 190 cm³/mol. The third kappa shape index (κ3) is 5.00. The number of rotatable bonds is 6. The van der Waals surface area contributed by atoms with Gasteiger partial charge in [0.15, 0.2) is 0 Å². The minimum Gasteiger partial charge on any atom is -0.508 e. The number of ether oxygens (including phenoxy) is 1. The molecule has 8 rings (SSSR count). The molecule has 0 radical (unpaired) electrons. The van der Waals surface area contributed by atoms with Gasteiger partial charge in [-0.05, 0) is 91.1 Å². The van der Waals surface area contributed by atoms with Crippen LogP contribution in [0.1, 0.15) is 29.9 Å². The number of carbonyl (C=O) groups is 4. The molecule has 4 aliphatic rings. The highest BCUT2D eigenvalue weighted by atomic mass is 79.9. The fourth-order valence-corrected chi connectivity index (χ4v) is 9.13. The molecular weight excluding hydrogens is 741 g/mol. The maximum absolute atomic E-state index is 15.2. The van der Waals surface area contributed by atoms with Crippen molar-refractivity contribution < 1.29 is 33.4 Å². The van der Waals surface area contributed by atoms with Crippen LogP contribution in [0, 0.1) is 29.5 Å². The van der Waals surface area contributed by atoms with Crippen LogP contribution in [-0.4, -0.2) is 40.9 Å². The number of benzene rings is 4. The minimum absolute atomic E-state index is 0.0718. The second-order valence-electron chi connectivity index (χ2n) is 13.3. The number of hydrogen-bond donors (Lipinski definition) is 2. The van der Waals surface area contributed by atoms with E-state index in [-0.39, 0.29) is 30.4 Å². The number of fused-ring (bicyclic) bond motifs is 4. The van der Waals surface area contributed by atoms with E-state index in [9.17, 15) is 23.9 Å². The zero-order chi connectivity index (χ0) is 35.8. The summed E-state index contributed by atoms with van der Waals surface area (Å²) >= 11 is 9.75. The second-order valence-corrected chi connectivity index (χ2v) is 14.6. The first-order chi connectivity index (χ1) is 24.5. The standard InChI is InChI=1S/C39H30BrClFN3O6/c1-51-26-14-15-28(32(46)18-26)34-27-16-17-29-33(37(49)44(35(29)47)25-12-4-21(40)5-13-25)30(27)19-31-36(48)45(43-24-10-8-23(42)9-11-24)38(50)39(31,34)20-2-6-22(41)7-3-20/h2-16,18,29-31,33-34,43,46H,17,19H2,1H3/t29-,30+,31-,33-,34+,39+/m0/s1. The summed E-state index contributed by atoms with van der Waals surface area (Å²) in [5.74, 6) is -6.22. The van der Waals surface area contributed by atoms with Crippen molar-refractivity contribution in [1.29, 1.82) is 0 Å². The molecule has 0 spiro atoms. The fraction of sp³-hybridized carbons (Fsp3) is 0.231. The predicted octanol–water partition coefficient (Wildman–Crippen LogP) is 7.15. The van der Waals surface area contributed by atoms with Gasteiger partial charge in [0, 0.05) is 27.0 Å². The Balaban J connectivity index is 1.33. The van der Waals surface area contributed by atoms with E-state index < -0.39 is 52.6 Å². The third-order valence-electron chi connectivity index (χ3n) is 10.9. The monoisotopic (exact) mass is 769 g/mol. The maximum atomic E-state index is 15.2. The van der Waals surface area contributed by atoms with Crippen molar-refractivity contribution in [2.75, 3.05) is 17.4 Å². The molecular formula is C39H30BrClFN3O6. The van der Waals surface area contributed by atoms with Crippen LogP contribution >= 0.6 is 27.5 Å². The highest BCUT2D eigenvalue weighted by Gasteiger charge is 2.70. The molecule has 4 aromatic rings. The zero-order valence-corrected chi connectivity index (χ0v) is 29.4. The molecule has 0 aromatic heterocycles. The van der Waals surface area contributed by atoms with Crippen LogP contribution in [0.25, 0.3) is 0 Å². The van der Waals surface area contributed by atoms with Gasteiger partial charge in [-0.25, -0.2) is 4.39 Å². The highest BCUT2D eigenvalue weighted by molar-refractivity contribution is 9.10. The van der Waals surface area contributed by atoms with E-state index in [2.05, 4.69) is 21.4 Å². The number of amides is 4. The molecule has 258 valence electrons. The number of carbonyl (C=O) groups excluding carboxylic acids is 4. The molecule has 2 heterocycles. The first kappa shape index (κ1) is 33.2. The Kier molecular flexibility index (Phi) is 8.03. The lowest BCUT2D eigenvalue weighted by molar-refractivity contribution is -0.138. The van der Waals surface area contributed by atoms with E-state index in [0.29, 0.717) is 38.8 Å². The molecule has 0 bridgehead atoms. The average Bonchev–Trinajstić information content (AvgIpc) is 3.51. The summed E-state index contributed by atoms with van der Waals surface area (Å²) in [5, 5.41) is 13.0. The van der Waals surface area contributed by atoms with E-state index >= 15 is 4.79 Å². The largest absolute Gasteiger partial charge is 0.508 e. The van der Waals surface area contributed by atoms with Crippen molar-refractivity contribution in [3.63, 3.8) is 0 Å². The van der Waals surface area contributed by atoms with Gasteiger partial charge in [-0.3, -0.25) is 29.5 Å². The zero-order valence-electron chi connectivity index (χ0n) is 27.1. The normalized spacial score (nSPS) is 26.8. The van der Waals surface area contributed by atoms with Crippen LogP contribution in [0.2, 0.25) is 5.02 Å². The van der Waals surface area contributed by atoms with Gasteiger partial charge in [-0.2, -0.15) is 5.01 Å². The summed E-state index contributed by atoms with van der Waals surface area (Å²) < 4.78 is 20.0. The average molecular weight is 771 g/mol. The number of hydrazine groups is 1. The van der Waals surface area contributed by atoms with Crippen LogP contribution in [0.3, 0.4) is 0 Å². The van der Waals surface area contributed by atoms with Crippen LogP contribution in [0.15, 0.2) is 107 Å². The third-order valence-corrected chi connectivity index (χ3v) is 11.7. The van der Waals surface area contributed by atoms with Crippen molar-refractivity contribution in [1.82, 2.24) is 5.01 Å². The molecule has 2 aliphatic heterocycles. The van der Waals surface area contributed by atoms with Crippen molar-refractivity contribution in [2.45, 2.75) is 24.2 Å². The quantitative estimate of drug-likeness (QED) is 0.158. The molecule has 4 amide bonds. The van der Waals surface area contributed by atoms with Gasteiger partial charge < -0.3 is 9.84 Å². The Morgan fingerprint density at radius 2 is 1.61 bits per heavy atom. The first-order valence-corrected chi connectivity index (χ1v) is 17.6. The van der Waals surface area contributed by atoms with Crippen molar-refractivity contribution in [3.8, 4) is 11.5 Å². The van der Waals surface area contributed by atoms with Gasteiger partial charge in [0.1, 0.15) is 17.3 Å². The molecule has 2 N–H and O–H groups in total. The van der Waals surface area contributed by atoms with E-state index in [1.54, 1.807) is 60.7 Å². The van der Waals surface area contributed by atoms with Gasteiger partial charge >= 0.3 is 0 Å². The number of phenols is 1. The number of aromatic hydroxyl groups is 1. The van der Waals surface area contributed by atoms with Crippen LogP contribution in [0.5, 0.6) is 11.5 Å². The summed E-state index contributed by atoms with van der Waals surface area (Å²) in [6.07, 6.45) is 2.21.